The van der Waals surface area contributed by atoms with Gasteiger partial charge in [0.1, 0.15) is 0 Å². The van der Waals surface area contributed by atoms with Gasteiger partial charge in [0.25, 0.3) is 0 Å². The Kier molecular flexibility index (Phi) is 6.12. The Labute approximate surface area is 150 Å². The summed E-state index contributed by atoms with van der Waals surface area (Å²) < 4.78 is 5.66. The summed E-state index contributed by atoms with van der Waals surface area (Å²) in [5, 5.41) is 10.1. The van der Waals surface area contributed by atoms with Crippen LogP contribution in [0.2, 0.25) is 0 Å². The molecule has 4 rings (SSSR count). The van der Waals surface area contributed by atoms with Gasteiger partial charge in [-0.25, -0.2) is 0 Å². The van der Waals surface area contributed by atoms with Crippen molar-refractivity contribution in [2.24, 2.45) is 5.92 Å². The Bertz CT molecular complexity index is 657. The fourth-order valence-corrected chi connectivity index (χ4v) is 4.18. The molecule has 1 aliphatic carbocycles. The van der Waals surface area contributed by atoms with Crippen molar-refractivity contribution in [2.45, 2.75) is 37.9 Å². The fourth-order valence-electron chi connectivity index (χ4n) is 4.18. The van der Waals surface area contributed by atoms with E-state index in [0.29, 0.717) is 18.0 Å². The Morgan fingerprint density at radius 3 is 2.79 bits per heavy atom. The van der Waals surface area contributed by atoms with Gasteiger partial charge in [-0.05, 0) is 41.2 Å². The minimum atomic E-state index is 0. The van der Waals surface area contributed by atoms with Crippen molar-refractivity contribution in [1.82, 2.24) is 10.6 Å². The third-order valence-corrected chi connectivity index (χ3v) is 5.42. The normalized spacial score (nSPS) is 27.1. The molecule has 2 aromatic carbocycles. The van der Waals surface area contributed by atoms with Gasteiger partial charge in [-0.3, -0.25) is 0 Å². The standard InChI is InChI=1S/C20H26N2O.ClH/c1-2-5-17-12-15(8-9-16(17)4-1)13-22-19-7-3-6-18(19)20-14-23-11-10-21-20;/h1-2,4-5,8-9,12,18-22H,3,6-7,10-11,13-14H2;1H. The monoisotopic (exact) mass is 346 g/mol. The number of morpholine rings is 1. The van der Waals surface area contributed by atoms with Crippen LogP contribution in [0, 0.1) is 5.92 Å². The van der Waals surface area contributed by atoms with Gasteiger partial charge < -0.3 is 15.4 Å². The molecular formula is C20H27ClN2O. The van der Waals surface area contributed by atoms with Crippen LogP contribution in [0.5, 0.6) is 0 Å². The first kappa shape index (κ1) is 17.7. The molecular weight excluding hydrogens is 320 g/mol. The van der Waals surface area contributed by atoms with Gasteiger partial charge in [-0.1, -0.05) is 42.8 Å². The second-order valence-corrected chi connectivity index (χ2v) is 6.90. The molecule has 2 fully saturated rings. The molecule has 1 saturated carbocycles. The molecule has 0 aromatic heterocycles. The van der Waals surface area contributed by atoms with Crippen molar-refractivity contribution >= 4 is 23.2 Å². The lowest BCUT2D eigenvalue weighted by Gasteiger charge is -2.33. The van der Waals surface area contributed by atoms with E-state index in [1.165, 1.54) is 35.6 Å². The minimum Gasteiger partial charge on any atom is -0.379 e. The molecule has 0 amide bonds. The SMILES string of the molecule is Cl.c1ccc2cc(CNC3CCCC3C3COCCN3)ccc2c1. The maximum absolute atomic E-state index is 5.66. The number of nitrogens with one attached hydrogen (secondary N) is 2. The molecule has 0 radical (unpaired) electrons. The molecule has 1 heterocycles. The zero-order valence-corrected chi connectivity index (χ0v) is 14.9. The molecule has 2 aliphatic rings. The lowest BCUT2D eigenvalue weighted by molar-refractivity contribution is 0.0524. The van der Waals surface area contributed by atoms with Crippen molar-refractivity contribution in [3.8, 4) is 0 Å². The van der Waals surface area contributed by atoms with E-state index in [4.69, 9.17) is 4.74 Å². The van der Waals surface area contributed by atoms with Crippen LogP contribution in [0.15, 0.2) is 42.5 Å². The lowest BCUT2D eigenvalue weighted by atomic mass is 9.94. The average molecular weight is 347 g/mol. The predicted molar refractivity (Wildman–Crippen MR) is 102 cm³/mol. The number of halogens is 1. The highest BCUT2D eigenvalue weighted by molar-refractivity contribution is 5.85. The topological polar surface area (TPSA) is 33.3 Å². The van der Waals surface area contributed by atoms with E-state index >= 15 is 0 Å². The predicted octanol–water partition coefficient (Wildman–Crippen LogP) is 3.51. The summed E-state index contributed by atoms with van der Waals surface area (Å²) in [7, 11) is 0. The summed E-state index contributed by atoms with van der Waals surface area (Å²) >= 11 is 0. The molecule has 1 aliphatic heterocycles. The Morgan fingerprint density at radius 1 is 1.08 bits per heavy atom. The highest BCUT2D eigenvalue weighted by atomic mass is 35.5. The van der Waals surface area contributed by atoms with Gasteiger partial charge in [0.2, 0.25) is 0 Å². The highest BCUT2D eigenvalue weighted by Crippen LogP contribution is 2.29. The van der Waals surface area contributed by atoms with Crippen LogP contribution in [0.3, 0.4) is 0 Å². The third kappa shape index (κ3) is 3.92. The van der Waals surface area contributed by atoms with E-state index in [1.807, 2.05) is 0 Å². The van der Waals surface area contributed by atoms with Crippen LogP contribution in [-0.2, 0) is 11.3 Å². The number of hydrogen-bond donors (Lipinski definition) is 2. The summed E-state index contributed by atoms with van der Waals surface area (Å²) in [6.07, 6.45) is 3.94. The van der Waals surface area contributed by atoms with Gasteiger partial charge in [0.15, 0.2) is 0 Å². The van der Waals surface area contributed by atoms with Crippen LogP contribution < -0.4 is 10.6 Å². The Morgan fingerprint density at radius 2 is 1.96 bits per heavy atom. The zero-order chi connectivity index (χ0) is 15.5. The molecule has 0 spiro atoms. The molecule has 3 nitrogen and oxygen atoms in total. The van der Waals surface area contributed by atoms with Crippen molar-refractivity contribution in [2.75, 3.05) is 19.8 Å². The fraction of sp³-hybridized carbons (Fsp3) is 0.500. The molecule has 4 heteroatoms. The summed E-state index contributed by atoms with van der Waals surface area (Å²) in [6, 6.07) is 16.5. The first-order valence-electron chi connectivity index (χ1n) is 8.92. The smallest absolute Gasteiger partial charge is 0.0623 e. The largest absolute Gasteiger partial charge is 0.379 e. The van der Waals surface area contributed by atoms with E-state index in [9.17, 15) is 0 Å². The summed E-state index contributed by atoms with van der Waals surface area (Å²) in [5.74, 6) is 0.704. The Balaban J connectivity index is 0.00000169. The van der Waals surface area contributed by atoms with Crippen LogP contribution in [0.1, 0.15) is 24.8 Å². The van der Waals surface area contributed by atoms with E-state index in [2.05, 4.69) is 53.1 Å². The van der Waals surface area contributed by atoms with Gasteiger partial charge in [-0.2, -0.15) is 0 Å². The van der Waals surface area contributed by atoms with Gasteiger partial charge in [0.05, 0.1) is 13.2 Å². The zero-order valence-electron chi connectivity index (χ0n) is 14.0. The molecule has 3 atom stereocenters. The van der Waals surface area contributed by atoms with Crippen molar-refractivity contribution in [3.63, 3.8) is 0 Å². The first-order valence-corrected chi connectivity index (χ1v) is 8.92. The van der Waals surface area contributed by atoms with Gasteiger partial charge in [0, 0.05) is 25.2 Å². The summed E-state index contributed by atoms with van der Waals surface area (Å²) in [6.45, 7) is 3.69. The number of rotatable bonds is 4. The first-order chi connectivity index (χ1) is 11.4. The second kappa shape index (κ2) is 8.30. The molecule has 130 valence electrons. The summed E-state index contributed by atoms with van der Waals surface area (Å²) in [5.41, 5.74) is 1.38. The number of benzene rings is 2. The lowest BCUT2D eigenvalue weighted by Crippen LogP contribution is -2.50. The van der Waals surface area contributed by atoms with Crippen LogP contribution >= 0.6 is 12.4 Å². The van der Waals surface area contributed by atoms with Crippen LogP contribution in [0.4, 0.5) is 0 Å². The van der Waals surface area contributed by atoms with Crippen LogP contribution in [-0.4, -0.2) is 31.8 Å². The third-order valence-electron chi connectivity index (χ3n) is 5.42. The van der Waals surface area contributed by atoms with Gasteiger partial charge in [-0.15, -0.1) is 12.4 Å². The minimum absolute atomic E-state index is 0. The average Bonchev–Trinajstić information content (AvgIpc) is 3.09. The molecule has 2 N–H and O–H groups in total. The number of fused-ring (bicyclic) bond motifs is 1. The maximum Gasteiger partial charge on any atom is 0.0623 e. The summed E-state index contributed by atoms with van der Waals surface area (Å²) in [4.78, 5) is 0. The molecule has 3 unspecified atom stereocenters. The number of ether oxygens (including phenoxy) is 1. The van der Waals surface area contributed by atoms with Crippen molar-refractivity contribution in [1.29, 1.82) is 0 Å². The molecule has 1 saturated heterocycles. The quantitative estimate of drug-likeness (QED) is 0.888. The number of hydrogen-bond acceptors (Lipinski definition) is 3. The Hall–Kier alpha value is -1.13. The van der Waals surface area contributed by atoms with Crippen molar-refractivity contribution in [3.05, 3.63) is 48.0 Å². The van der Waals surface area contributed by atoms with E-state index in [0.717, 1.165) is 26.3 Å². The van der Waals surface area contributed by atoms with E-state index < -0.39 is 0 Å². The highest BCUT2D eigenvalue weighted by Gasteiger charge is 2.34. The van der Waals surface area contributed by atoms with E-state index in [-0.39, 0.29) is 12.4 Å². The molecule has 2 aromatic rings. The van der Waals surface area contributed by atoms with Crippen molar-refractivity contribution < 1.29 is 4.74 Å². The van der Waals surface area contributed by atoms with Crippen LogP contribution in [0.25, 0.3) is 10.8 Å². The second-order valence-electron chi connectivity index (χ2n) is 6.90. The molecule has 24 heavy (non-hydrogen) atoms. The molecule has 0 bridgehead atoms. The van der Waals surface area contributed by atoms with E-state index in [1.54, 1.807) is 0 Å². The van der Waals surface area contributed by atoms with Gasteiger partial charge >= 0.3 is 0 Å². The maximum atomic E-state index is 5.66.